The van der Waals surface area contributed by atoms with Crippen molar-refractivity contribution in [3.63, 3.8) is 0 Å². The minimum Gasteiger partial charge on any atom is -0.224 e. The summed E-state index contributed by atoms with van der Waals surface area (Å²) in [5, 5.41) is 0. The standard InChI is InChI=1S/C9H11BrO2S2/c1-6-7(10)4-5-8(13-2)9(6)14(3,11)12/h4-5H,1-3H3. The van der Waals surface area contributed by atoms with Gasteiger partial charge in [0.15, 0.2) is 9.84 Å². The maximum absolute atomic E-state index is 11.6. The van der Waals surface area contributed by atoms with Gasteiger partial charge < -0.3 is 0 Å². The number of rotatable bonds is 2. The monoisotopic (exact) mass is 294 g/mol. The predicted molar refractivity (Wildman–Crippen MR) is 63.8 cm³/mol. The van der Waals surface area contributed by atoms with Gasteiger partial charge in [0.2, 0.25) is 0 Å². The van der Waals surface area contributed by atoms with Crippen molar-refractivity contribution in [3.8, 4) is 0 Å². The van der Waals surface area contributed by atoms with Crippen LogP contribution in [0, 0.1) is 6.92 Å². The Morgan fingerprint density at radius 2 is 1.93 bits per heavy atom. The molecule has 0 spiro atoms. The zero-order valence-corrected chi connectivity index (χ0v) is 11.4. The quantitative estimate of drug-likeness (QED) is 0.787. The van der Waals surface area contributed by atoms with Crippen molar-refractivity contribution in [1.82, 2.24) is 0 Å². The molecule has 0 aliphatic rings. The van der Waals surface area contributed by atoms with Crippen molar-refractivity contribution in [3.05, 3.63) is 22.2 Å². The maximum Gasteiger partial charge on any atom is 0.176 e. The zero-order chi connectivity index (χ0) is 10.9. The first kappa shape index (κ1) is 12.1. The van der Waals surface area contributed by atoms with Gasteiger partial charge in [0.25, 0.3) is 0 Å². The van der Waals surface area contributed by atoms with Crippen LogP contribution in [-0.4, -0.2) is 20.9 Å². The van der Waals surface area contributed by atoms with Gasteiger partial charge in [0.05, 0.1) is 4.90 Å². The lowest BCUT2D eigenvalue weighted by Gasteiger charge is -2.10. The highest BCUT2D eigenvalue weighted by molar-refractivity contribution is 9.10. The summed E-state index contributed by atoms with van der Waals surface area (Å²) in [6.07, 6.45) is 3.11. The van der Waals surface area contributed by atoms with Gasteiger partial charge in [-0.3, -0.25) is 0 Å². The van der Waals surface area contributed by atoms with Crippen LogP contribution in [0.5, 0.6) is 0 Å². The second kappa shape index (κ2) is 4.24. The lowest BCUT2D eigenvalue weighted by Crippen LogP contribution is -2.02. The molecular weight excluding hydrogens is 284 g/mol. The predicted octanol–water partition coefficient (Wildman–Crippen LogP) is 2.88. The Morgan fingerprint density at radius 1 is 1.36 bits per heavy atom. The molecule has 1 aromatic carbocycles. The fourth-order valence-corrected chi connectivity index (χ4v) is 4.07. The largest absolute Gasteiger partial charge is 0.224 e. The van der Waals surface area contributed by atoms with Gasteiger partial charge in [0, 0.05) is 15.6 Å². The Hall–Kier alpha value is -0.000000000000000111. The van der Waals surface area contributed by atoms with Crippen molar-refractivity contribution in [2.24, 2.45) is 0 Å². The molecule has 0 saturated heterocycles. The Kier molecular flexibility index (Phi) is 3.66. The highest BCUT2D eigenvalue weighted by Gasteiger charge is 2.17. The van der Waals surface area contributed by atoms with Gasteiger partial charge in [-0.25, -0.2) is 8.42 Å². The van der Waals surface area contributed by atoms with E-state index in [9.17, 15) is 8.42 Å². The molecule has 0 aliphatic heterocycles. The van der Waals surface area contributed by atoms with Crippen LogP contribution < -0.4 is 0 Å². The Labute approximate surface area is 97.1 Å². The van der Waals surface area contributed by atoms with Gasteiger partial charge in [-0.05, 0) is 30.9 Å². The van der Waals surface area contributed by atoms with E-state index in [0.29, 0.717) is 4.90 Å². The third-order valence-corrected chi connectivity index (χ3v) is 4.93. The summed E-state index contributed by atoms with van der Waals surface area (Å²) in [5.41, 5.74) is 0.777. The van der Waals surface area contributed by atoms with E-state index in [2.05, 4.69) is 15.9 Å². The molecule has 0 unspecified atom stereocenters. The summed E-state index contributed by atoms with van der Waals surface area (Å²) in [5.74, 6) is 0. The highest BCUT2D eigenvalue weighted by Crippen LogP contribution is 2.32. The third-order valence-electron chi connectivity index (χ3n) is 1.89. The molecule has 0 heterocycles. The molecule has 0 radical (unpaired) electrons. The van der Waals surface area contributed by atoms with Crippen LogP contribution in [0.25, 0.3) is 0 Å². The van der Waals surface area contributed by atoms with Crippen LogP contribution in [0.1, 0.15) is 5.56 Å². The molecule has 0 fully saturated rings. The summed E-state index contributed by atoms with van der Waals surface area (Å²) in [7, 11) is -3.15. The average Bonchev–Trinajstić information content (AvgIpc) is 2.07. The first-order valence-electron chi connectivity index (χ1n) is 3.91. The lowest BCUT2D eigenvalue weighted by molar-refractivity contribution is 0.599. The molecule has 1 rings (SSSR count). The van der Waals surface area contributed by atoms with Crippen LogP contribution in [-0.2, 0) is 9.84 Å². The summed E-state index contributed by atoms with van der Waals surface area (Å²) < 4.78 is 23.9. The zero-order valence-electron chi connectivity index (χ0n) is 8.17. The molecule has 0 bridgehead atoms. The van der Waals surface area contributed by atoms with Crippen LogP contribution in [0.2, 0.25) is 0 Å². The molecule has 0 amide bonds. The summed E-state index contributed by atoms with van der Waals surface area (Å²) >= 11 is 4.77. The van der Waals surface area contributed by atoms with E-state index in [-0.39, 0.29) is 0 Å². The van der Waals surface area contributed by atoms with Crippen LogP contribution in [0.3, 0.4) is 0 Å². The summed E-state index contributed by atoms with van der Waals surface area (Å²) in [6.45, 7) is 1.81. The van der Waals surface area contributed by atoms with Gasteiger partial charge in [-0.1, -0.05) is 15.9 Å². The van der Waals surface area contributed by atoms with Crippen molar-refractivity contribution in [2.45, 2.75) is 16.7 Å². The molecular formula is C9H11BrO2S2. The second-order valence-corrected chi connectivity index (χ2v) is 6.63. The minimum absolute atomic E-state index is 0.430. The Bertz CT molecular complexity index is 452. The number of benzene rings is 1. The maximum atomic E-state index is 11.6. The number of hydrogen-bond donors (Lipinski definition) is 0. The van der Waals surface area contributed by atoms with E-state index in [1.807, 2.05) is 18.4 Å². The van der Waals surface area contributed by atoms with E-state index in [4.69, 9.17) is 0 Å². The third kappa shape index (κ3) is 2.32. The Morgan fingerprint density at radius 3 is 2.36 bits per heavy atom. The molecule has 0 atom stereocenters. The van der Waals surface area contributed by atoms with E-state index >= 15 is 0 Å². The van der Waals surface area contributed by atoms with Gasteiger partial charge in [-0.15, -0.1) is 11.8 Å². The highest BCUT2D eigenvalue weighted by atomic mass is 79.9. The fraction of sp³-hybridized carbons (Fsp3) is 0.333. The molecule has 5 heteroatoms. The molecule has 0 saturated carbocycles. The van der Waals surface area contributed by atoms with Crippen molar-refractivity contribution < 1.29 is 8.42 Å². The van der Waals surface area contributed by atoms with E-state index in [1.165, 1.54) is 18.0 Å². The van der Waals surface area contributed by atoms with Crippen molar-refractivity contribution >= 4 is 37.5 Å². The number of hydrogen-bond acceptors (Lipinski definition) is 3. The van der Waals surface area contributed by atoms with E-state index in [0.717, 1.165) is 14.9 Å². The van der Waals surface area contributed by atoms with E-state index < -0.39 is 9.84 Å². The molecule has 0 aliphatic carbocycles. The molecule has 0 N–H and O–H groups in total. The van der Waals surface area contributed by atoms with Gasteiger partial charge in [0.1, 0.15) is 0 Å². The van der Waals surface area contributed by atoms with Crippen molar-refractivity contribution in [2.75, 3.05) is 12.5 Å². The average molecular weight is 295 g/mol. The fourth-order valence-electron chi connectivity index (χ4n) is 1.26. The number of halogens is 1. The Balaban J connectivity index is 3.60. The van der Waals surface area contributed by atoms with Crippen molar-refractivity contribution in [1.29, 1.82) is 0 Å². The summed E-state index contributed by atoms with van der Waals surface area (Å²) in [4.78, 5) is 1.23. The second-order valence-electron chi connectivity index (χ2n) is 2.98. The molecule has 14 heavy (non-hydrogen) atoms. The van der Waals surface area contributed by atoms with Crippen LogP contribution >= 0.6 is 27.7 Å². The first-order chi connectivity index (χ1) is 6.38. The molecule has 2 nitrogen and oxygen atoms in total. The van der Waals surface area contributed by atoms with Gasteiger partial charge >= 0.3 is 0 Å². The van der Waals surface area contributed by atoms with E-state index in [1.54, 1.807) is 6.92 Å². The van der Waals surface area contributed by atoms with Crippen LogP contribution in [0.15, 0.2) is 26.4 Å². The first-order valence-corrected chi connectivity index (χ1v) is 7.82. The smallest absolute Gasteiger partial charge is 0.176 e. The number of thioether (sulfide) groups is 1. The topological polar surface area (TPSA) is 34.1 Å². The SMILES string of the molecule is CSc1ccc(Br)c(C)c1S(C)(=O)=O. The minimum atomic E-state index is -3.15. The van der Waals surface area contributed by atoms with Crippen LogP contribution in [0.4, 0.5) is 0 Å². The number of sulfone groups is 1. The molecule has 78 valence electrons. The molecule has 0 aromatic heterocycles. The summed E-state index contributed by atoms with van der Waals surface area (Å²) in [6, 6.07) is 3.69. The lowest BCUT2D eigenvalue weighted by atomic mass is 10.2. The molecule has 1 aromatic rings. The normalized spacial score (nSPS) is 11.7. The van der Waals surface area contributed by atoms with Gasteiger partial charge in [-0.2, -0.15) is 0 Å².